The minimum absolute atomic E-state index is 0.0312. The van der Waals surface area contributed by atoms with Gasteiger partial charge in [-0.2, -0.15) is 0 Å². The van der Waals surface area contributed by atoms with Gasteiger partial charge in [-0.1, -0.05) is 17.7 Å². The first-order valence-electron chi connectivity index (χ1n) is 8.39. The van der Waals surface area contributed by atoms with Gasteiger partial charge in [0.1, 0.15) is 0 Å². The number of nitrogens with zero attached hydrogens (tertiary/aromatic N) is 3. The molecule has 4 rings (SSSR count). The maximum absolute atomic E-state index is 12.7. The molecular formula is C19H17ClN4O2. The molecule has 1 aromatic heterocycles. The largest absolute Gasteiger partial charge is 0.345 e. The van der Waals surface area contributed by atoms with Gasteiger partial charge in [-0.3, -0.25) is 9.59 Å². The number of aromatic nitrogens is 2. The molecule has 1 saturated heterocycles. The molecule has 1 aliphatic rings. The van der Waals surface area contributed by atoms with E-state index in [0.29, 0.717) is 42.3 Å². The smallest absolute Gasteiger partial charge is 0.254 e. The van der Waals surface area contributed by atoms with Gasteiger partial charge in [0.25, 0.3) is 11.8 Å². The van der Waals surface area contributed by atoms with E-state index in [1.807, 2.05) is 12.1 Å². The van der Waals surface area contributed by atoms with Crippen molar-refractivity contribution < 1.29 is 9.59 Å². The first-order chi connectivity index (χ1) is 12.6. The van der Waals surface area contributed by atoms with Crippen molar-refractivity contribution in [3.63, 3.8) is 0 Å². The number of rotatable bonds is 2. The highest BCUT2D eigenvalue weighted by Crippen LogP contribution is 2.17. The maximum atomic E-state index is 12.7. The van der Waals surface area contributed by atoms with Gasteiger partial charge in [0.05, 0.1) is 17.4 Å². The normalized spacial score (nSPS) is 14.7. The summed E-state index contributed by atoms with van der Waals surface area (Å²) in [5, 5.41) is 0.541. The van der Waals surface area contributed by atoms with Gasteiger partial charge < -0.3 is 14.8 Å². The van der Waals surface area contributed by atoms with Crippen LogP contribution in [0.3, 0.4) is 0 Å². The molecule has 2 aromatic carbocycles. The highest BCUT2D eigenvalue weighted by molar-refractivity contribution is 6.30. The molecule has 1 aliphatic heterocycles. The summed E-state index contributed by atoms with van der Waals surface area (Å²) in [6.45, 7) is 2.02. The summed E-state index contributed by atoms with van der Waals surface area (Å²) < 4.78 is 0. The van der Waals surface area contributed by atoms with E-state index in [1.165, 1.54) is 0 Å². The van der Waals surface area contributed by atoms with E-state index in [2.05, 4.69) is 9.97 Å². The summed E-state index contributed by atoms with van der Waals surface area (Å²) in [7, 11) is 0. The molecule has 3 aromatic rings. The molecule has 1 N–H and O–H groups in total. The number of aromatic amines is 1. The van der Waals surface area contributed by atoms with Crippen molar-refractivity contribution in [3.05, 3.63) is 64.9 Å². The van der Waals surface area contributed by atoms with Crippen molar-refractivity contribution in [2.24, 2.45) is 0 Å². The molecule has 0 radical (unpaired) electrons. The second-order valence-electron chi connectivity index (χ2n) is 6.23. The van der Waals surface area contributed by atoms with Crippen LogP contribution in [0.2, 0.25) is 5.02 Å². The van der Waals surface area contributed by atoms with Gasteiger partial charge in [-0.25, -0.2) is 4.98 Å². The van der Waals surface area contributed by atoms with Crippen LogP contribution in [0, 0.1) is 0 Å². The minimum Gasteiger partial charge on any atom is -0.345 e. The molecular weight excluding hydrogens is 352 g/mol. The molecule has 2 heterocycles. The third-order valence-electron chi connectivity index (χ3n) is 4.59. The van der Waals surface area contributed by atoms with Crippen LogP contribution in [0.5, 0.6) is 0 Å². The van der Waals surface area contributed by atoms with Crippen LogP contribution >= 0.6 is 11.6 Å². The number of nitrogens with one attached hydrogen (secondary N) is 1. The lowest BCUT2D eigenvalue weighted by atomic mass is 10.1. The Labute approximate surface area is 155 Å². The highest BCUT2D eigenvalue weighted by Gasteiger charge is 2.25. The fourth-order valence-corrected chi connectivity index (χ4v) is 3.36. The van der Waals surface area contributed by atoms with Crippen LogP contribution in [0.1, 0.15) is 20.7 Å². The zero-order chi connectivity index (χ0) is 18.1. The average Bonchev–Trinajstić information content (AvgIpc) is 3.15. The molecule has 2 amide bonds. The lowest BCUT2D eigenvalue weighted by Crippen LogP contribution is -2.50. The lowest BCUT2D eigenvalue weighted by molar-refractivity contribution is 0.0535. The molecule has 0 unspecified atom stereocenters. The van der Waals surface area contributed by atoms with Crippen LogP contribution in [0.25, 0.3) is 11.0 Å². The average molecular weight is 369 g/mol. The van der Waals surface area contributed by atoms with E-state index < -0.39 is 0 Å². The SMILES string of the molecule is O=C(c1cccc(Cl)c1)N1CCN(C(=O)c2ccc3nc[nH]c3c2)CC1. The summed E-state index contributed by atoms with van der Waals surface area (Å²) in [4.78, 5) is 36.0. The fraction of sp³-hybridized carbons (Fsp3) is 0.211. The van der Waals surface area contributed by atoms with E-state index in [4.69, 9.17) is 11.6 Å². The predicted octanol–water partition coefficient (Wildman–Crippen LogP) is 2.81. The molecule has 0 spiro atoms. The Kier molecular flexibility index (Phi) is 4.34. The van der Waals surface area contributed by atoms with Crippen molar-refractivity contribution in [1.82, 2.24) is 19.8 Å². The quantitative estimate of drug-likeness (QED) is 0.756. The molecule has 0 aliphatic carbocycles. The molecule has 0 saturated carbocycles. The summed E-state index contributed by atoms with van der Waals surface area (Å²) in [5.41, 5.74) is 2.86. The second kappa shape index (κ2) is 6.80. The number of carbonyl (C=O) groups is 2. The Balaban J connectivity index is 1.42. The zero-order valence-corrected chi connectivity index (χ0v) is 14.7. The van der Waals surface area contributed by atoms with Crippen molar-refractivity contribution in [3.8, 4) is 0 Å². The Morgan fingerprint density at radius 3 is 2.23 bits per heavy atom. The van der Waals surface area contributed by atoms with Crippen LogP contribution < -0.4 is 0 Å². The summed E-state index contributed by atoms with van der Waals surface area (Å²) in [6, 6.07) is 12.4. The third-order valence-corrected chi connectivity index (χ3v) is 4.83. The van der Waals surface area contributed by atoms with Crippen LogP contribution in [0.15, 0.2) is 48.8 Å². The molecule has 0 bridgehead atoms. The molecule has 132 valence electrons. The number of piperazine rings is 1. The number of amides is 2. The Bertz CT molecular complexity index is 976. The topological polar surface area (TPSA) is 69.3 Å². The van der Waals surface area contributed by atoms with E-state index in [0.717, 1.165) is 11.0 Å². The van der Waals surface area contributed by atoms with Gasteiger partial charge in [-0.15, -0.1) is 0 Å². The first kappa shape index (κ1) is 16.6. The molecule has 1 fully saturated rings. The number of H-pyrrole nitrogens is 1. The van der Waals surface area contributed by atoms with E-state index in [9.17, 15) is 9.59 Å². The maximum Gasteiger partial charge on any atom is 0.254 e. The number of fused-ring (bicyclic) bond motifs is 1. The summed E-state index contributed by atoms with van der Waals surface area (Å²) in [5.74, 6) is -0.0881. The predicted molar refractivity (Wildman–Crippen MR) is 99.4 cm³/mol. The van der Waals surface area contributed by atoms with Crippen molar-refractivity contribution in [1.29, 1.82) is 0 Å². The number of hydrogen-bond acceptors (Lipinski definition) is 3. The van der Waals surface area contributed by atoms with E-state index in [1.54, 1.807) is 46.5 Å². The second-order valence-corrected chi connectivity index (χ2v) is 6.67. The van der Waals surface area contributed by atoms with E-state index >= 15 is 0 Å². The molecule has 26 heavy (non-hydrogen) atoms. The standard InChI is InChI=1S/C19H17ClN4O2/c20-15-3-1-2-13(10-15)18(25)23-6-8-24(9-7-23)19(26)14-4-5-16-17(11-14)22-12-21-16/h1-5,10-12H,6-9H2,(H,21,22). The number of imidazole rings is 1. The van der Waals surface area contributed by atoms with Crippen molar-refractivity contribution in [2.45, 2.75) is 0 Å². The van der Waals surface area contributed by atoms with Gasteiger partial charge in [0, 0.05) is 42.3 Å². The van der Waals surface area contributed by atoms with Crippen molar-refractivity contribution >= 4 is 34.4 Å². The van der Waals surface area contributed by atoms with Gasteiger partial charge in [0.15, 0.2) is 0 Å². The molecule has 0 atom stereocenters. The Hall–Kier alpha value is -2.86. The fourth-order valence-electron chi connectivity index (χ4n) is 3.17. The van der Waals surface area contributed by atoms with Gasteiger partial charge >= 0.3 is 0 Å². The van der Waals surface area contributed by atoms with Gasteiger partial charge in [-0.05, 0) is 36.4 Å². The molecule has 7 heteroatoms. The highest BCUT2D eigenvalue weighted by atomic mass is 35.5. The number of carbonyl (C=O) groups excluding carboxylic acids is 2. The Morgan fingerprint density at radius 2 is 1.58 bits per heavy atom. The number of halogens is 1. The van der Waals surface area contributed by atoms with Gasteiger partial charge in [0.2, 0.25) is 0 Å². The first-order valence-corrected chi connectivity index (χ1v) is 8.77. The Morgan fingerprint density at radius 1 is 0.923 bits per heavy atom. The monoisotopic (exact) mass is 368 g/mol. The van der Waals surface area contributed by atoms with E-state index in [-0.39, 0.29) is 11.8 Å². The third kappa shape index (κ3) is 3.15. The lowest BCUT2D eigenvalue weighted by Gasteiger charge is -2.35. The van der Waals surface area contributed by atoms with Crippen LogP contribution in [0.4, 0.5) is 0 Å². The number of hydrogen-bond donors (Lipinski definition) is 1. The zero-order valence-electron chi connectivity index (χ0n) is 14.0. The van der Waals surface area contributed by atoms with Crippen molar-refractivity contribution in [2.75, 3.05) is 26.2 Å². The minimum atomic E-state index is -0.0570. The molecule has 6 nitrogen and oxygen atoms in total. The number of benzene rings is 2. The van der Waals surface area contributed by atoms with Crippen LogP contribution in [-0.2, 0) is 0 Å². The summed E-state index contributed by atoms with van der Waals surface area (Å²) in [6.07, 6.45) is 1.61. The van der Waals surface area contributed by atoms with Crippen LogP contribution in [-0.4, -0.2) is 57.8 Å². The summed E-state index contributed by atoms with van der Waals surface area (Å²) >= 11 is 5.96.